The third-order valence-corrected chi connectivity index (χ3v) is 2.69. The molecule has 0 bridgehead atoms. The summed E-state index contributed by atoms with van der Waals surface area (Å²) in [6, 6.07) is 10.2. The summed E-state index contributed by atoms with van der Waals surface area (Å²) in [5, 5.41) is 9.36. The lowest BCUT2D eigenvalue weighted by atomic mass is 10.1. The molecular weight excluding hydrogens is 250 g/mol. The van der Waals surface area contributed by atoms with Crippen LogP contribution in [0.1, 0.15) is 24.2 Å². The molecule has 2 aromatic carbocycles. The molecule has 0 spiro atoms. The van der Waals surface area contributed by atoms with E-state index < -0.39 is 17.7 Å². The van der Waals surface area contributed by atoms with E-state index in [1.165, 1.54) is 12.1 Å². The molecule has 0 saturated carbocycles. The van der Waals surface area contributed by atoms with Crippen molar-refractivity contribution in [1.82, 2.24) is 0 Å². The summed E-state index contributed by atoms with van der Waals surface area (Å²) in [6.45, 7) is 1.76. The molecule has 19 heavy (non-hydrogen) atoms. The molecule has 4 heteroatoms. The van der Waals surface area contributed by atoms with Crippen LogP contribution in [-0.2, 0) is 6.61 Å². The Hall–Kier alpha value is -1.94. The van der Waals surface area contributed by atoms with E-state index in [2.05, 4.69) is 0 Å². The summed E-state index contributed by atoms with van der Waals surface area (Å²) in [7, 11) is 0. The minimum atomic E-state index is -0.622. The first-order valence-electron chi connectivity index (χ1n) is 5.90. The fourth-order valence-corrected chi connectivity index (χ4v) is 1.70. The van der Waals surface area contributed by atoms with Gasteiger partial charge in [-0.1, -0.05) is 12.1 Å². The SMILES string of the molecule is CC(O)c1ccc(OCc2cc(F)cc(F)c2)cc1. The van der Waals surface area contributed by atoms with Gasteiger partial charge in [-0.15, -0.1) is 0 Å². The highest BCUT2D eigenvalue weighted by Gasteiger charge is 2.03. The molecule has 0 radical (unpaired) electrons. The maximum Gasteiger partial charge on any atom is 0.126 e. The van der Waals surface area contributed by atoms with Crippen molar-refractivity contribution >= 4 is 0 Å². The maximum absolute atomic E-state index is 13.0. The monoisotopic (exact) mass is 264 g/mol. The van der Waals surface area contributed by atoms with Gasteiger partial charge in [0.25, 0.3) is 0 Å². The van der Waals surface area contributed by atoms with Crippen LogP contribution >= 0.6 is 0 Å². The molecule has 0 fully saturated rings. The van der Waals surface area contributed by atoms with Crippen molar-refractivity contribution in [2.75, 3.05) is 0 Å². The molecule has 1 unspecified atom stereocenters. The van der Waals surface area contributed by atoms with E-state index in [1.807, 2.05) is 0 Å². The van der Waals surface area contributed by atoms with Crippen LogP contribution < -0.4 is 4.74 Å². The number of hydrogen-bond acceptors (Lipinski definition) is 2. The van der Waals surface area contributed by atoms with Crippen molar-refractivity contribution in [1.29, 1.82) is 0 Å². The number of ether oxygens (including phenoxy) is 1. The molecule has 0 heterocycles. The fraction of sp³-hybridized carbons (Fsp3) is 0.200. The zero-order chi connectivity index (χ0) is 13.8. The third kappa shape index (κ3) is 3.76. The van der Waals surface area contributed by atoms with E-state index in [4.69, 9.17) is 4.74 Å². The summed E-state index contributed by atoms with van der Waals surface area (Å²) in [5.74, 6) is -0.667. The molecule has 2 rings (SSSR count). The Morgan fingerprint density at radius 3 is 2.16 bits per heavy atom. The van der Waals surface area contributed by atoms with Gasteiger partial charge in [0, 0.05) is 6.07 Å². The van der Waals surface area contributed by atoms with Gasteiger partial charge >= 0.3 is 0 Å². The molecule has 1 N–H and O–H groups in total. The molecule has 2 nitrogen and oxygen atoms in total. The molecular formula is C15H14F2O2. The van der Waals surface area contributed by atoms with Crippen molar-refractivity contribution < 1.29 is 18.6 Å². The predicted octanol–water partition coefficient (Wildman–Crippen LogP) is 3.60. The minimum absolute atomic E-state index is 0.0860. The minimum Gasteiger partial charge on any atom is -0.489 e. The van der Waals surface area contributed by atoms with E-state index in [0.29, 0.717) is 11.3 Å². The van der Waals surface area contributed by atoms with Crippen LogP contribution in [0.2, 0.25) is 0 Å². The van der Waals surface area contributed by atoms with Crippen molar-refractivity contribution in [2.24, 2.45) is 0 Å². The average molecular weight is 264 g/mol. The van der Waals surface area contributed by atoms with Gasteiger partial charge in [-0.25, -0.2) is 8.78 Å². The third-order valence-electron chi connectivity index (χ3n) is 2.69. The average Bonchev–Trinajstić information content (AvgIpc) is 2.36. The Balaban J connectivity index is 2.02. The van der Waals surface area contributed by atoms with Gasteiger partial charge in [0.05, 0.1) is 6.10 Å². The maximum atomic E-state index is 13.0. The van der Waals surface area contributed by atoms with Gasteiger partial charge in [0.1, 0.15) is 24.0 Å². The Morgan fingerprint density at radius 1 is 1.05 bits per heavy atom. The van der Waals surface area contributed by atoms with E-state index in [0.717, 1.165) is 11.6 Å². The van der Waals surface area contributed by atoms with Gasteiger partial charge < -0.3 is 9.84 Å². The second-order valence-corrected chi connectivity index (χ2v) is 4.31. The van der Waals surface area contributed by atoms with Crippen LogP contribution in [0.5, 0.6) is 5.75 Å². The van der Waals surface area contributed by atoms with E-state index in [1.54, 1.807) is 31.2 Å². The van der Waals surface area contributed by atoms with Crippen molar-refractivity contribution in [3.63, 3.8) is 0 Å². The van der Waals surface area contributed by atoms with E-state index in [-0.39, 0.29) is 6.61 Å². The lowest BCUT2D eigenvalue weighted by Crippen LogP contribution is -1.98. The number of benzene rings is 2. The number of hydrogen-bond donors (Lipinski definition) is 1. The molecule has 0 saturated heterocycles. The largest absolute Gasteiger partial charge is 0.489 e. The molecule has 2 aromatic rings. The number of halogens is 2. The van der Waals surface area contributed by atoms with Crippen molar-refractivity contribution in [3.8, 4) is 5.75 Å². The number of rotatable bonds is 4. The fourth-order valence-electron chi connectivity index (χ4n) is 1.70. The summed E-state index contributed by atoms with van der Waals surface area (Å²) >= 11 is 0. The Bertz CT molecular complexity index is 530. The topological polar surface area (TPSA) is 29.5 Å². The molecule has 0 aliphatic rings. The number of aliphatic hydroxyl groups excluding tert-OH is 1. The van der Waals surface area contributed by atoms with Crippen molar-refractivity contribution in [2.45, 2.75) is 19.6 Å². The van der Waals surface area contributed by atoms with Crippen molar-refractivity contribution in [3.05, 3.63) is 65.2 Å². The smallest absolute Gasteiger partial charge is 0.126 e. The summed E-state index contributed by atoms with van der Waals surface area (Å²) < 4.78 is 31.4. The van der Waals surface area contributed by atoms with Crippen LogP contribution in [0.4, 0.5) is 8.78 Å². The quantitative estimate of drug-likeness (QED) is 0.914. The highest BCUT2D eigenvalue weighted by Crippen LogP contribution is 2.18. The highest BCUT2D eigenvalue weighted by atomic mass is 19.1. The summed E-state index contributed by atoms with van der Waals surface area (Å²) in [6.07, 6.45) is -0.536. The standard InChI is InChI=1S/C15H14F2O2/c1-10(18)12-2-4-15(5-3-12)19-9-11-6-13(16)8-14(17)7-11/h2-8,10,18H,9H2,1H3. The second kappa shape index (κ2) is 5.80. The zero-order valence-electron chi connectivity index (χ0n) is 10.4. The molecule has 100 valence electrons. The van der Waals surface area contributed by atoms with Crippen LogP contribution in [0.3, 0.4) is 0 Å². The van der Waals surface area contributed by atoms with Gasteiger partial charge in [-0.3, -0.25) is 0 Å². The molecule has 0 aromatic heterocycles. The number of aliphatic hydroxyl groups is 1. The van der Waals surface area contributed by atoms with E-state index >= 15 is 0 Å². The van der Waals surface area contributed by atoms with Gasteiger partial charge in [0.15, 0.2) is 0 Å². The van der Waals surface area contributed by atoms with Gasteiger partial charge in [-0.05, 0) is 42.3 Å². The van der Waals surface area contributed by atoms with Crippen LogP contribution in [0, 0.1) is 11.6 Å². The van der Waals surface area contributed by atoms with Crippen LogP contribution in [0.25, 0.3) is 0 Å². The predicted molar refractivity (Wildman–Crippen MR) is 67.8 cm³/mol. The second-order valence-electron chi connectivity index (χ2n) is 4.31. The van der Waals surface area contributed by atoms with Gasteiger partial charge in [0.2, 0.25) is 0 Å². The van der Waals surface area contributed by atoms with Gasteiger partial charge in [-0.2, -0.15) is 0 Å². The highest BCUT2D eigenvalue weighted by molar-refractivity contribution is 5.28. The molecule has 1 atom stereocenters. The first-order chi connectivity index (χ1) is 9.04. The Morgan fingerprint density at radius 2 is 1.63 bits per heavy atom. The van der Waals surface area contributed by atoms with Crippen LogP contribution in [-0.4, -0.2) is 5.11 Å². The molecule has 0 aliphatic carbocycles. The normalized spacial score (nSPS) is 12.2. The lowest BCUT2D eigenvalue weighted by Gasteiger charge is -2.09. The molecule has 0 amide bonds. The summed E-state index contributed by atoms with van der Waals surface area (Å²) in [4.78, 5) is 0. The van der Waals surface area contributed by atoms with Crippen LogP contribution in [0.15, 0.2) is 42.5 Å². The Labute approximate surface area is 110 Å². The first-order valence-corrected chi connectivity index (χ1v) is 5.90. The lowest BCUT2D eigenvalue weighted by molar-refractivity contribution is 0.199. The first kappa shape index (κ1) is 13.5. The van der Waals surface area contributed by atoms with E-state index in [9.17, 15) is 13.9 Å². The summed E-state index contributed by atoms with van der Waals surface area (Å²) in [5.41, 5.74) is 1.21. The molecule has 0 aliphatic heterocycles. The zero-order valence-corrected chi connectivity index (χ0v) is 10.4. The Kier molecular flexibility index (Phi) is 4.12.